The molecule has 4 rings (SSSR count). The first-order chi connectivity index (χ1) is 15.1. The molecule has 3 aromatic carbocycles. The number of aromatic nitrogens is 1. The first kappa shape index (κ1) is 21.2. The number of amides is 2. The molecule has 0 atom stereocenters. The number of hydrogen-bond donors (Lipinski definition) is 2. The van der Waals surface area contributed by atoms with Crippen LogP contribution in [0.3, 0.4) is 0 Å². The average Bonchev–Trinajstić information content (AvgIpc) is 2.72. The lowest BCUT2D eigenvalue weighted by Gasteiger charge is -2.19. The molecule has 0 spiro atoms. The lowest BCUT2D eigenvalue weighted by molar-refractivity contribution is -0.137. The number of nitrogens with zero attached hydrogens (tertiary/aromatic N) is 1. The molecule has 0 aliphatic rings. The molecular formula is C23H14F5N3O. The van der Waals surface area contributed by atoms with Gasteiger partial charge in [0.15, 0.2) is 0 Å². The van der Waals surface area contributed by atoms with E-state index < -0.39 is 29.4 Å². The van der Waals surface area contributed by atoms with E-state index in [0.717, 1.165) is 30.3 Å². The fourth-order valence-corrected chi connectivity index (χ4v) is 3.51. The zero-order chi connectivity index (χ0) is 23.0. The Morgan fingerprint density at radius 2 is 1.62 bits per heavy atom. The highest BCUT2D eigenvalue weighted by Crippen LogP contribution is 2.44. The fourth-order valence-electron chi connectivity index (χ4n) is 3.51. The van der Waals surface area contributed by atoms with E-state index in [1.165, 1.54) is 0 Å². The van der Waals surface area contributed by atoms with Crippen LogP contribution >= 0.6 is 0 Å². The number of urea groups is 1. The largest absolute Gasteiger partial charge is 0.416 e. The number of carbonyl (C=O) groups excluding carboxylic acids is 1. The average molecular weight is 443 g/mol. The molecule has 0 saturated heterocycles. The monoisotopic (exact) mass is 443 g/mol. The van der Waals surface area contributed by atoms with Crippen LogP contribution in [0, 0.1) is 11.6 Å². The van der Waals surface area contributed by atoms with Gasteiger partial charge in [0.2, 0.25) is 0 Å². The predicted octanol–water partition coefficient (Wildman–Crippen LogP) is 6.36. The Balaban J connectivity index is 2.20. The summed E-state index contributed by atoms with van der Waals surface area (Å²) in [6, 6.07) is 12.9. The maximum Gasteiger partial charge on any atom is 0.416 e. The highest BCUT2D eigenvalue weighted by Gasteiger charge is 2.31. The Hall–Kier alpha value is -4.01. The molecule has 0 bridgehead atoms. The number of benzene rings is 3. The van der Waals surface area contributed by atoms with Gasteiger partial charge in [-0.1, -0.05) is 30.3 Å². The third-order valence-electron chi connectivity index (χ3n) is 4.82. The van der Waals surface area contributed by atoms with Gasteiger partial charge in [-0.3, -0.25) is 5.32 Å². The SMILES string of the molecule is NC(=O)Nc1nc2ccc(C(F)(F)F)cc2c(-c2ccccc2)c1-c1ccc(F)cc1F. The Morgan fingerprint density at radius 3 is 2.25 bits per heavy atom. The summed E-state index contributed by atoms with van der Waals surface area (Å²) in [6.45, 7) is 0. The van der Waals surface area contributed by atoms with E-state index in [1.54, 1.807) is 30.3 Å². The van der Waals surface area contributed by atoms with E-state index in [0.29, 0.717) is 11.6 Å². The van der Waals surface area contributed by atoms with Gasteiger partial charge in [-0.05, 0) is 35.9 Å². The summed E-state index contributed by atoms with van der Waals surface area (Å²) in [5, 5.41) is 2.38. The molecule has 4 aromatic rings. The second-order valence-corrected chi connectivity index (χ2v) is 6.92. The number of rotatable bonds is 3. The molecule has 1 aromatic heterocycles. The number of fused-ring (bicyclic) bond motifs is 1. The molecule has 0 radical (unpaired) electrons. The molecule has 2 amide bonds. The van der Waals surface area contributed by atoms with Crippen molar-refractivity contribution in [3.63, 3.8) is 0 Å². The normalized spacial score (nSPS) is 11.5. The zero-order valence-corrected chi connectivity index (χ0v) is 16.2. The van der Waals surface area contributed by atoms with E-state index >= 15 is 0 Å². The number of nitrogens with one attached hydrogen (secondary N) is 1. The lowest BCUT2D eigenvalue weighted by Crippen LogP contribution is -2.21. The molecular weight excluding hydrogens is 429 g/mol. The van der Waals surface area contributed by atoms with E-state index in [9.17, 15) is 26.7 Å². The van der Waals surface area contributed by atoms with E-state index in [-0.39, 0.29) is 33.4 Å². The summed E-state index contributed by atoms with van der Waals surface area (Å²) >= 11 is 0. The summed E-state index contributed by atoms with van der Waals surface area (Å²) in [5.74, 6) is -2.00. The maximum atomic E-state index is 14.8. The van der Waals surface area contributed by atoms with E-state index in [1.807, 2.05) is 0 Å². The molecule has 162 valence electrons. The number of carbonyl (C=O) groups is 1. The number of alkyl halides is 3. The van der Waals surface area contributed by atoms with Crippen molar-refractivity contribution in [3.05, 3.63) is 83.9 Å². The van der Waals surface area contributed by atoms with Gasteiger partial charge >= 0.3 is 12.2 Å². The van der Waals surface area contributed by atoms with Gasteiger partial charge in [0.25, 0.3) is 0 Å². The molecule has 4 nitrogen and oxygen atoms in total. The summed E-state index contributed by atoms with van der Waals surface area (Å²) in [6.07, 6.45) is -4.63. The summed E-state index contributed by atoms with van der Waals surface area (Å²) in [5.41, 5.74) is 4.86. The molecule has 9 heteroatoms. The predicted molar refractivity (Wildman–Crippen MR) is 111 cm³/mol. The topological polar surface area (TPSA) is 68.0 Å². The van der Waals surface area contributed by atoms with Gasteiger partial charge in [0.1, 0.15) is 17.5 Å². The van der Waals surface area contributed by atoms with Crippen molar-refractivity contribution in [2.45, 2.75) is 6.18 Å². The lowest BCUT2D eigenvalue weighted by atomic mass is 9.90. The van der Waals surface area contributed by atoms with Crippen LogP contribution in [0.2, 0.25) is 0 Å². The Kier molecular flexibility index (Phi) is 5.25. The van der Waals surface area contributed by atoms with Crippen LogP contribution in [0.25, 0.3) is 33.2 Å². The number of nitrogens with two attached hydrogens (primary N) is 1. The van der Waals surface area contributed by atoms with Crippen molar-refractivity contribution in [2.75, 3.05) is 5.32 Å². The minimum atomic E-state index is -4.63. The summed E-state index contributed by atoms with van der Waals surface area (Å²) < 4.78 is 68.7. The number of halogens is 5. The van der Waals surface area contributed by atoms with Crippen LogP contribution < -0.4 is 11.1 Å². The molecule has 0 saturated carbocycles. The van der Waals surface area contributed by atoms with Crippen LogP contribution in [-0.2, 0) is 6.18 Å². The van der Waals surface area contributed by atoms with Gasteiger partial charge in [0.05, 0.1) is 11.1 Å². The van der Waals surface area contributed by atoms with Crippen molar-refractivity contribution in [1.29, 1.82) is 0 Å². The van der Waals surface area contributed by atoms with Gasteiger partial charge in [-0.15, -0.1) is 0 Å². The third kappa shape index (κ3) is 3.96. The van der Waals surface area contributed by atoms with E-state index in [4.69, 9.17) is 5.73 Å². The van der Waals surface area contributed by atoms with Crippen molar-refractivity contribution in [3.8, 4) is 22.3 Å². The third-order valence-corrected chi connectivity index (χ3v) is 4.82. The van der Waals surface area contributed by atoms with Crippen molar-refractivity contribution in [2.24, 2.45) is 5.73 Å². The fraction of sp³-hybridized carbons (Fsp3) is 0.0435. The number of hydrogen-bond acceptors (Lipinski definition) is 2. The zero-order valence-electron chi connectivity index (χ0n) is 16.2. The van der Waals surface area contributed by atoms with Crippen molar-refractivity contribution < 1.29 is 26.7 Å². The molecule has 32 heavy (non-hydrogen) atoms. The number of primary amides is 1. The second-order valence-electron chi connectivity index (χ2n) is 6.92. The van der Waals surface area contributed by atoms with E-state index in [2.05, 4.69) is 10.3 Å². The minimum Gasteiger partial charge on any atom is -0.351 e. The van der Waals surface area contributed by atoms with Crippen LogP contribution in [-0.4, -0.2) is 11.0 Å². The summed E-state index contributed by atoms with van der Waals surface area (Å²) in [4.78, 5) is 15.9. The Morgan fingerprint density at radius 1 is 0.906 bits per heavy atom. The molecule has 0 aliphatic carbocycles. The first-order valence-corrected chi connectivity index (χ1v) is 9.27. The van der Waals surface area contributed by atoms with Crippen molar-refractivity contribution >= 4 is 22.8 Å². The molecule has 3 N–H and O–H groups in total. The van der Waals surface area contributed by atoms with Crippen LogP contribution in [0.1, 0.15) is 5.56 Å². The number of pyridine rings is 1. The minimum absolute atomic E-state index is 0.0284. The van der Waals surface area contributed by atoms with Crippen LogP contribution in [0.5, 0.6) is 0 Å². The van der Waals surface area contributed by atoms with Gasteiger partial charge < -0.3 is 5.73 Å². The Bertz CT molecular complexity index is 1340. The standard InChI is InChI=1S/C23H14F5N3O/c24-14-7-8-15(17(25)11-14)20-19(12-4-2-1-3-5-12)16-10-13(23(26,27)28)6-9-18(16)30-21(20)31-22(29)32/h1-11H,(H3,29,30,31,32). The van der Waals surface area contributed by atoms with Crippen LogP contribution in [0.4, 0.5) is 32.6 Å². The Labute approximate surface area is 178 Å². The van der Waals surface area contributed by atoms with Crippen LogP contribution in [0.15, 0.2) is 66.7 Å². The maximum absolute atomic E-state index is 14.8. The number of anilines is 1. The highest BCUT2D eigenvalue weighted by atomic mass is 19.4. The quantitative estimate of drug-likeness (QED) is 0.362. The summed E-state index contributed by atoms with van der Waals surface area (Å²) in [7, 11) is 0. The smallest absolute Gasteiger partial charge is 0.351 e. The first-order valence-electron chi connectivity index (χ1n) is 9.27. The van der Waals surface area contributed by atoms with Crippen molar-refractivity contribution in [1.82, 2.24) is 4.98 Å². The second kappa shape index (κ2) is 7.92. The van der Waals surface area contributed by atoms with Gasteiger partial charge in [-0.2, -0.15) is 13.2 Å². The highest BCUT2D eigenvalue weighted by molar-refractivity contribution is 6.08. The molecule has 0 unspecified atom stereocenters. The molecule has 1 heterocycles. The van der Waals surface area contributed by atoms with Gasteiger partial charge in [0, 0.05) is 28.1 Å². The molecule has 0 fully saturated rings. The molecule has 0 aliphatic heterocycles. The van der Waals surface area contributed by atoms with Gasteiger partial charge in [-0.25, -0.2) is 18.6 Å².